The number of piperidine rings is 2. The van der Waals surface area contributed by atoms with Crippen LogP contribution >= 0.6 is 24.0 Å². The zero-order valence-corrected chi connectivity index (χ0v) is 19.1. The first kappa shape index (κ1) is 20.9. The molecule has 1 saturated carbocycles. The van der Waals surface area contributed by atoms with Gasteiger partial charge in [0.15, 0.2) is 5.96 Å². The fourth-order valence-corrected chi connectivity index (χ4v) is 4.90. The summed E-state index contributed by atoms with van der Waals surface area (Å²) in [5.74, 6) is 2.00. The monoisotopic (exact) mass is 486 g/mol. The summed E-state index contributed by atoms with van der Waals surface area (Å²) in [5.41, 5.74) is 7.71. The molecule has 2 aliphatic heterocycles. The van der Waals surface area contributed by atoms with Crippen molar-refractivity contribution in [1.29, 1.82) is 0 Å². The van der Waals surface area contributed by atoms with Crippen molar-refractivity contribution in [1.82, 2.24) is 19.6 Å². The quantitative estimate of drug-likeness (QED) is 0.404. The van der Waals surface area contributed by atoms with E-state index in [2.05, 4.69) is 39.6 Å². The van der Waals surface area contributed by atoms with Gasteiger partial charge in [0.1, 0.15) is 0 Å². The Hall–Kier alpha value is -0.830. The van der Waals surface area contributed by atoms with Crippen molar-refractivity contribution in [2.24, 2.45) is 29.6 Å². The molecule has 0 spiro atoms. The Labute approximate surface area is 180 Å². The maximum Gasteiger partial charge on any atom is 0.191 e. The molecular formula is C20H35IN6. The molecule has 152 valence electrons. The summed E-state index contributed by atoms with van der Waals surface area (Å²) in [7, 11) is 2.07. The lowest BCUT2D eigenvalue weighted by Crippen LogP contribution is -2.45. The minimum atomic E-state index is 0. The number of aromatic nitrogens is 2. The van der Waals surface area contributed by atoms with E-state index in [9.17, 15) is 0 Å². The fourth-order valence-electron chi connectivity index (χ4n) is 4.90. The van der Waals surface area contributed by atoms with E-state index in [1.165, 1.54) is 50.8 Å². The maximum atomic E-state index is 6.37. The van der Waals surface area contributed by atoms with Gasteiger partial charge in [-0.3, -0.25) is 14.6 Å². The molecule has 2 saturated heterocycles. The van der Waals surface area contributed by atoms with E-state index in [4.69, 9.17) is 10.7 Å². The topological polar surface area (TPSA) is 62.7 Å². The molecular weight excluding hydrogens is 451 g/mol. The number of likely N-dealkylation sites (tertiary alicyclic amines) is 2. The van der Waals surface area contributed by atoms with E-state index < -0.39 is 0 Å². The van der Waals surface area contributed by atoms with Crippen LogP contribution in [0.3, 0.4) is 0 Å². The van der Waals surface area contributed by atoms with Crippen LogP contribution in [0.15, 0.2) is 17.3 Å². The second-order valence-electron chi connectivity index (χ2n) is 8.59. The van der Waals surface area contributed by atoms with Gasteiger partial charge in [0.05, 0.1) is 11.7 Å². The molecule has 1 aliphatic carbocycles. The molecule has 0 bridgehead atoms. The number of nitrogens with two attached hydrogens (primary N) is 1. The van der Waals surface area contributed by atoms with Gasteiger partial charge >= 0.3 is 0 Å². The Morgan fingerprint density at radius 2 is 2.00 bits per heavy atom. The van der Waals surface area contributed by atoms with Crippen molar-refractivity contribution in [3.63, 3.8) is 0 Å². The van der Waals surface area contributed by atoms with E-state index in [0.717, 1.165) is 37.6 Å². The fraction of sp³-hybridized carbons (Fsp3) is 0.800. The first-order valence-corrected chi connectivity index (χ1v) is 10.4. The minimum absolute atomic E-state index is 0. The SMILES string of the molecule is CC1CCCN(C(N)=NC[C@@H]2CCCN(C3CC3)[C@H]2c2ccnn2C)C1.I. The second-order valence-corrected chi connectivity index (χ2v) is 8.59. The predicted molar refractivity (Wildman–Crippen MR) is 120 cm³/mol. The normalized spacial score (nSPS) is 30.2. The number of aliphatic imine (C=N–C) groups is 1. The van der Waals surface area contributed by atoms with E-state index in [-0.39, 0.29) is 24.0 Å². The zero-order chi connectivity index (χ0) is 18.1. The maximum absolute atomic E-state index is 6.37. The first-order valence-electron chi connectivity index (χ1n) is 10.4. The first-order chi connectivity index (χ1) is 12.6. The van der Waals surface area contributed by atoms with Crippen LogP contribution in [0, 0.1) is 11.8 Å². The van der Waals surface area contributed by atoms with E-state index in [1.807, 2.05) is 6.20 Å². The molecule has 3 fully saturated rings. The van der Waals surface area contributed by atoms with Crippen molar-refractivity contribution in [2.45, 2.75) is 57.5 Å². The Morgan fingerprint density at radius 3 is 2.67 bits per heavy atom. The average molecular weight is 486 g/mol. The molecule has 1 unspecified atom stereocenters. The third-order valence-electron chi connectivity index (χ3n) is 6.44. The smallest absolute Gasteiger partial charge is 0.191 e. The Kier molecular flexibility index (Phi) is 7.05. The van der Waals surface area contributed by atoms with Gasteiger partial charge in [0.2, 0.25) is 0 Å². The molecule has 27 heavy (non-hydrogen) atoms. The lowest BCUT2D eigenvalue weighted by molar-refractivity contribution is 0.0822. The van der Waals surface area contributed by atoms with E-state index >= 15 is 0 Å². The minimum Gasteiger partial charge on any atom is -0.370 e. The number of guanidine groups is 1. The van der Waals surface area contributed by atoms with Crippen LogP contribution in [-0.2, 0) is 7.05 Å². The van der Waals surface area contributed by atoms with Gasteiger partial charge in [0.25, 0.3) is 0 Å². The standard InChI is InChI=1S/C20H34N6.HI/c1-15-5-3-11-25(14-15)20(21)22-13-16-6-4-12-26(17-7-8-17)19(16)18-9-10-23-24(18)2;/h9-10,15-17,19H,3-8,11-14H2,1-2H3,(H2,21,22);1H/t15?,16-,19+;/m0./s1. The number of halogens is 1. The molecule has 3 heterocycles. The number of nitrogens with zero attached hydrogens (tertiary/aromatic N) is 5. The summed E-state index contributed by atoms with van der Waals surface area (Å²) in [6.07, 6.45) is 9.66. The predicted octanol–water partition coefficient (Wildman–Crippen LogP) is 3.00. The lowest BCUT2D eigenvalue weighted by atomic mass is 9.86. The summed E-state index contributed by atoms with van der Waals surface area (Å²) in [6, 6.07) is 3.39. The van der Waals surface area contributed by atoms with Gasteiger partial charge in [-0.15, -0.1) is 24.0 Å². The van der Waals surface area contributed by atoms with E-state index in [1.54, 1.807) is 0 Å². The van der Waals surface area contributed by atoms with Gasteiger partial charge in [-0.25, -0.2) is 0 Å². The van der Waals surface area contributed by atoms with Crippen molar-refractivity contribution in [3.05, 3.63) is 18.0 Å². The second kappa shape index (κ2) is 9.11. The molecule has 0 amide bonds. The molecule has 0 aromatic carbocycles. The summed E-state index contributed by atoms with van der Waals surface area (Å²) < 4.78 is 2.05. The summed E-state index contributed by atoms with van der Waals surface area (Å²) in [6.45, 7) is 6.46. The highest BCUT2D eigenvalue weighted by Crippen LogP contribution is 2.42. The highest BCUT2D eigenvalue weighted by atomic mass is 127. The summed E-state index contributed by atoms with van der Waals surface area (Å²) in [5, 5.41) is 4.44. The Morgan fingerprint density at radius 1 is 1.22 bits per heavy atom. The van der Waals surface area contributed by atoms with Crippen LogP contribution in [0.2, 0.25) is 0 Å². The van der Waals surface area contributed by atoms with Gasteiger partial charge in [-0.1, -0.05) is 6.92 Å². The average Bonchev–Trinajstić information content (AvgIpc) is 3.41. The number of rotatable bonds is 4. The van der Waals surface area contributed by atoms with Gasteiger partial charge in [-0.05, 0) is 63.0 Å². The Bertz CT molecular complexity index is 640. The number of hydrogen-bond donors (Lipinski definition) is 1. The van der Waals surface area contributed by atoms with Gasteiger partial charge in [0, 0.05) is 38.9 Å². The highest BCUT2D eigenvalue weighted by Gasteiger charge is 2.41. The van der Waals surface area contributed by atoms with Crippen LogP contribution in [0.5, 0.6) is 0 Å². The molecule has 2 N–H and O–H groups in total. The van der Waals surface area contributed by atoms with Crippen molar-refractivity contribution in [3.8, 4) is 0 Å². The van der Waals surface area contributed by atoms with Crippen molar-refractivity contribution >= 4 is 29.9 Å². The molecule has 7 heteroatoms. The molecule has 1 aromatic rings. The van der Waals surface area contributed by atoms with Crippen LogP contribution in [0.25, 0.3) is 0 Å². The molecule has 6 nitrogen and oxygen atoms in total. The van der Waals surface area contributed by atoms with Gasteiger partial charge in [-0.2, -0.15) is 5.10 Å². The van der Waals surface area contributed by atoms with Crippen molar-refractivity contribution < 1.29 is 0 Å². The summed E-state index contributed by atoms with van der Waals surface area (Å²) in [4.78, 5) is 9.88. The molecule has 3 aliphatic rings. The third kappa shape index (κ3) is 4.78. The third-order valence-corrected chi connectivity index (χ3v) is 6.44. The largest absolute Gasteiger partial charge is 0.370 e. The lowest BCUT2D eigenvalue weighted by Gasteiger charge is -2.41. The molecule has 4 rings (SSSR count). The Balaban J connectivity index is 0.00000210. The number of hydrogen-bond acceptors (Lipinski definition) is 3. The van der Waals surface area contributed by atoms with Crippen LogP contribution in [-0.4, -0.2) is 57.8 Å². The number of aryl methyl sites for hydroxylation is 1. The molecule has 0 radical (unpaired) electrons. The van der Waals surface area contributed by atoms with E-state index in [0.29, 0.717) is 12.0 Å². The van der Waals surface area contributed by atoms with Crippen LogP contribution in [0.1, 0.15) is 57.2 Å². The van der Waals surface area contributed by atoms with Crippen molar-refractivity contribution in [2.75, 3.05) is 26.2 Å². The molecule has 1 aromatic heterocycles. The van der Waals surface area contributed by atoms with Crippen LogP contribution < -0.4 is 5.73 Å². The summed E-state index contributed by atoms with van der Waals surface area (Å²) >= 11 is 0. The molecule has 3 atom stereocenters. The van der Waals surface area contributed by atoms with Gasteiger partial charge < -0.3 is 10.6 Å². The zero-order valence-electron chi connectivity index (χ0n) is 16.8. The highest BCUT2D eigenvalue weighted by molar-refractivity contribution is 14.0. The van der Waals surface area contributed by atoms with Crippen LogP contribution in [0.4, 0.5) is 0 Å².